The Morgan fingerprint density at radius 2 is 1.89 bits per heavy atom. The molecular weight excluding hydrogens is 336 g/mol. The van der Waals surface area contributed by atoms with E-state index in [2.05, 4.69) is 6.07 Å². The van der Waals surface area contributed by atoms with Crippen LogP contribution in [0.4, 0.5) is 0 Å². The van der Waals surface area contributed by atoms with Gasteiger partial charge in [0.15, 0.2) is 0 Å². The lowest BCUT2D eigenvalue weighted by atomic mass is 9.66. The zero-order valence-electron chi connectivity index (χ0n) is 15.3. The molecule has 138 valence electrons. The third kappa shape index (κ3) is 3.13. The number of hydrogen-bond donors (Lipinski definition) is 1. The zero-order chi connectivity index (χ0) is 18.9. The molecule has 4 nitrogen and oxygen atoms in total. The number of fused-ring (bicyclic) bond motifs is 1. The summed E-state index contributed by atoms with van der Waals surface area (Å²) in [5.74, 6) is 0.0573. The summed E-state index contributed by atoms with van der Waals surface area (Å²) in [5.41, 5.74) is 1.10. The maximum atomic E-state index is 13.1. The van der Waals surface area contributed by atoms with Crippen LogP contribution in [-0.2, 0) is 5.60 Å². The quantitative estimate of drug-likeness (QED) is 0.885. The van der Waals surface area contributed by atoms with Crippen molar-refractivity contribution in [3.8, 4) is 6.07 Å². The van der Waals surface area contributed by atoms with Gasteiger partial charge in [-0.25, -0.2) is 0 Å². The highest BCUT2D eigenvalue weighted by molar-refractivity contribution is 5.94. The maximum absolute atomic E-state index is 13.1. The summed E-state index contributed by atoms with van der Waals surface area (Å²) in [6.45, 7) is 0.530. The van der Waals surface area contributed by atoms with Crippen molar-refractivity contribution in [1.82, 2.24) is 4.90 Å². The molecule has 1 heterocycles. The van der Waals surface area contributed by atoms with Crippen LogP contribution in [0.15, 0.2) is 54.6 Å². The van der Waals surface area contributed by atoms with E-state index in [4.69, 9.17) is 0 Å². The Kier molecular flexibility index (Phi) is 4.72. The van der Waals surface area contributed by atoms with Gasteiger partial charge in [-0.2, -0.15) is 5.26 Å². The van der Waals surface area contributed by atoms with Crippen molar-refractivity contribution >= 4 is 5.91 Å². The van der Waals surface area contributed by atoms with Gasteiger partial charge in [-0.1, -0.05) is 43.2 Å². The second-order valence-electron chi connectivity index (χ2n) is 7.69. The Hall–Kier alpha value is -2.64. The molecule has 2 aliphatic rings. The highest BCUT2D eigenvalue weighted by Gasteiger charge is 2.50. The number of nitriles is 1. The van der Waals surface area contributed by atoms with E-state index in [1.807, 2.05) is 47.4 Å². The Morgan fingerprint density at radius 3 is 2.67 bits per heavy atom. The predicted octanol–water partition coefficient (Wildman–Crippen LogP) is 3.85. The molecule has 1 aliphatic heterocycles. The first kappa shape index (κ1) is 17.8. The number of nitrogens with zero attached hydrogens (tertiary/aromatic N) is 2. The third-order valence-electron chi connectivity index (χ3n) is 6.25. The van der Waals surface area contributed by atoms with E-state index >= 15 is 0 Å². The fraction of sp³-hybridized carbons (Fsp3) is 0.391. The Bertz CT molecular complexity index is 873. The minimum absolute atomic E-state index is 0.00149. The summed E-state index contributed by atoms with van der Waals surface area (Å²) in [7, 11) is 0. The van der Waals surface area contributed by atoms with Crippen LogP contribution >= 0.6 is 0 Å². The molecule has 27 heavy (non-hydrogen) atoms. The summed E-state index contributed by atoms with van der Waals surface area (Å²) in [6.07, 6.45) is 4.46. The Balaban J connectivity index is 1.67. The number of piperidine rings is 1. The molecule has 1 saturated heterocycles. The maximum Gasteiger partial charge on any atom is 0.254 e. The molecule has 0 radical (unpaired) electrons. The van der Waals surface area contributed by atoms with E-state index < -0.39 is 5.60 Å². The van der Waals surface area contributed by atoms with Crippen molar-refractivity contribution in [2.75, 3.05) is 6.54 Å². The zero-order valence-corrected chi connectivity index (χ0v) is 15.3. The topological polar surface area (TPSA) is 64.3 Å². The molecular formula is C23H24N2O2. The van der Waals surface area contributed by atoms with E-state index in [0.29, 0.717) is 24.1 Å². The van der Waals surface area contributed by atoms with Gasteiger partial charge in [0.05, 0.1) is 17.2 Å². The SMILES string of the molecule is N#Cc1cccc(C2(O)CCN(C(=O)c3ccccc3)[C@@H]3CCCC[C@H]32)c1. The number of amides is 1. The minimum atomic E-state index is -0.981. The average molecular weight is 360 g/mol. The van der Waals surface area contributed by atoms with Crippen molar-refractivity contribution in [2.24, 2.45) is 5.92 Å². The lowest BCUT2D eigenvalue weighted by Crippen LogP contribution is -2.59. The number of rotatable bonds is 2. The molecule has 4 heteroatoms. The lowest BCUT2D eigenvalue weighted by Gasteiger charge is -2.52. The van der Waals surface area contributed by atoms with Crippen LogP contribution in [0.3, 0.4) is 0 Å². The van der Waals surface area contributed by atoms with Crippen LogP contribution in [0, 0.1) is 17.2 Å². The second-order valence-corrected chi connectivity index (χ2v) is 7.69. The molecule has 1 aliphatic carbocycles. The molecule has 0 aromatic heterocycles. The molecule has 2 fully saturated rings. The summed E-state index contributed by atoms with van der Waals surface area (Å²) in [4.78, 5) is 15.1. The number of carbonyl (C=O) groups is 1. The summed E-state index contributed by atoms with van der Waals surface area (Å²) < 4.78 is 0. The molecule has 1 unspecified atom stereocenters. The minimum Gasteiger partial charge on any atom is -0.385 e. The van der Waals surface area contributed by atoms with E-state index in [1.165, 1.54) is 0 Å². The first-order valence-corrected chi connectivity index (χ1v) is 9.72. The van der Waals surface area contributed by atoms with Crippen LogP contribution in [0.5, 0.6) is 0 Å². The molecule has 2 aromatic carbocycles. The number of benzene rings is 2. The molecule has 1 N–H and O–H groups in total. The summed E-state index contributed by atoms with van der Waals surface area (Å²) in [5, 5.41) is 20.9. The monoisotopic (exact) mass is 360 g/mol. The number of hydrogen-bond acceptors (Lipinski definition) is 3. The van der Waals surface area contributed by atoms with Crippen LogP contribution < -0.4 is 0 Å². The highest BCUT2D eigenvalue weighted by atomic mass is 16.3. The fourth-order valence-electron chi connectivity index (χ4n) is 4.90. The van der Waals surface area contributed by atoms with Gasteiger partial charge in [0, 0.05) is 24.1 Å². The molecule has 4 rings (SSSR count). The summed E-state index contributed by atoms with van der Waals surface area (Å²) >= 11 is 0. The van der Waals surface area contributed by atoms with E-state index in [0.717, 1.165) is 31.2 Å². The van der Waals surface area contributed by atoms with E-state index in [-0.39, 0.29) is 17.9 Å². The molecule has 0 bridgehead atoms. The van der Waals surface area contributed by atoms with Crippen LogP contribution in [0.1, 0.15) is 53.6 Å². The molecule has 0 spiro atoms. The Labute approximate surface area is 160 Å². The van der Waals surface area contributed by atoms with Crippen LogP contribution in [0.2, 0.25) is 0 Å². The predicted molar refractivity (Wildman–Crippen MR) is 103 cm³/mol. The second kappa shape index (κ2) is 7.17. The van der Waals surface area contributed by atoms with Crippen LogP contribution in [0.25, 0.3) is 0 Å². The van der Waals surface area contributed by atoms with Crippen molar-refractivity contribution < 1.29 is 9.90 Å². The Morgan fingerprint density at radius 1 is 1.11 bits per heavy atom. The fourth-order valence-corrected chi connectivity index (χ4v) is 4.90. The molecule has 3 atom stereocenters. The molecule has 1 saturated carbocycles. The largest absolute Gasteiger partial charge is 0.385 e. The molecule has 1 amide bonds. The van der Waals surface area contributed by atoms with Gasteiger partial charge in [-0.3, -0.25) is 4.79 Å². The van der Waals surface area contributed by atoms with Crippen molar-refractivity contribution in [2.45, 2.75) is 43.7 Å². The normalized spacial score (nSPS) is 27.5. The van der Waals surface area contributed by atoms with Crippen LogP contribution in [-0.4, -0.2) is 28.5 Å². The lowest BCUT2D eigenvalue weighted by molar-refractivity contribution is -0.110. The number of carbonyl (C=O) groups excluding carboxylic acids is 1. The smallest absolute Gasteiger partial charge is 0.254 e. The van der Waals surface area contributed by atoms with Gasteiger partial charge in [0.25, 0.3) is 5.91 Å². The van der Waals surface area contributed by atoms with Gasteiger partial charge >= 0.3 is 0 Å². The first-order valence-electron chi connectivity index (χ1n) is 9.72. The standard InChI is InChI=1S/C23H24N2O2/c24-16-17-7-6-10-19(15-17)23(27)13-14-25(21-12-5-4-11-20(21)23)22(26)18-8-2-1-3-9-18/h1-3,6-10,15,20-21,27H,4-5,11-14H2/t20-,21-,23?/m1/s1. The van der Waals surface area contributed by atoms with Gasteiger partial charge < -0.3 is 10.0 Å². The van der Waals surface area contributed by atoms with E-state index in [1.54, 1.807) is 12.1 Å². The average Bonchev–Trinajstić information content (AvgIpc) is 2.74. The van der Waals surface area contributed by atoms with E-state index in [9.17, 15) is 15.2 Å². The highest BCUT2D eigenvalue weighted by Crippen LogP contribution is 2.47. The van der Waals surface area contributed by atoms with Crippen molar-refractivity contribution in [1.29, 1.82) is 5.26 Å². The first-order chi connectivity index (χ1) is 13.1. The van der Waals surface area contributed by atoms with Crippen molar-refractivity contribution in [3.05, 3.63) is 71.3 Å². The number of likely N-dealkylation sites (tertiary alicyclic amines) is 1. The summed E-state index contributed by atoms with van der Waals surface area (Å²) in [6, 6.07) is 18.9. The van der Waals surface area contributed by atoms with Gasteiger partial charge in [-0.15, -0.1) is 0 Å². The van der Waals surface area contributed by atoms with Gasteiger partial charge in [0.2, 0.25) is 0 Å². The number of aliphatic hydroxyl groups is 1. The molecule has 2 aromatic rings. The van der Waals surface area contributed by atoms with Crippen molar-refractivity contribution in [3.63, 3.8) is 0 Å². The third-order valence-corrected chi connectivity index (χ3v) is 6.25. The van der Waals surface area contributed by atoms with Gasteiger partial charge in [-0.05, 0) is 49.1 Å². The van der Waals surface area contributed by atoms with Gasteiger partial charge in [0.1, 0.15) is 0 Å².